The number of nitrogens with zero attached hydrogens (tertiary/aromatic N) is 3. The minimum Gasteiger partial charge on any atom is -0.496 e. The molecule has 3 aromatic rings. The van der Waals surface area contributed by atoms with Crippen molar-refractivity contribution in [3.05, 3.63) is 80.8 Å². The number of aromatic nitrogens is 1. The number of carbonyl (C=O) groups is 4. The van der Waals surface area contributed by atoms with Crippen LogP contribution in [0.15, 0.2) is 47.8 Å². The van der Waals surface area contributed by atoms with Gasteiger partial charge in [-0.25, -0.2) is 9.78 Å². The van der Waals surface area contributed by atoms with Gasteiger partial charge in [0.05, 0.1) is 30.9 Å². The highest BCUT2D eigenvalue weighted by atomic mass is 32.1. The molecule has 0 N–H and O–H groups in total. The molecule has 9 nitrogen and oxygen atoms in total. The van der Waals surface area contributed by atoms with Crippen LogP contribution in [0.2, 0.25) is 0 Å². The topological polar surface area (TPSA) is 127 Å². The minimum atomic E-state index is -1.14. The summed E-state index contributed by atoms with van der Waals surface area (Å²) in [5.74, 6) is -3.22. The Kier molecular flexibility index (Phi) is 6.71. The van der Waals surface area contributed by atoms with E-state index >= 15 is 0 Å². The second-order valence-corrected chi connectivity index (χ2v) is 8.60. The number of ether oxygens (including phenoxy) is 2. The van der Waals surface area contributed by atoms with Gasteiger partial charge in [0.1, 0.15) is 16.3 Å². The fraction of sp³-hybridized carbons (Fsp3) is 0.200. The molecule has 0 saturated carbocycles. The number of benzene rings is 2. The van der Waals surface area contributed by atoms with E-state index in [-0.39, 0.29) is 17.9 Å². The molecule has 10 heteroatoms. The number of hydrogen-bond donors (Lipinski definition) is 0. The van der Waals surface area contributed by atoms with E-state index in [1.54, 1.807) is 42.6 Å². The molecule has 1 aliphatic heterocycles. The Hall–Kier alpha value is -4.36. The lowest BCUT2D eigenvalue weighted by molar-refractivity contribution is -0.122. The van der Waals surface area contributed by atoms with Crippen LogP contribution >= 0.6 is 11.3 Å². The molecule has 2 heterocycles. The van der Waals surface area contributed by atoms with E-state index in [2.05, 4.69) is 4.98 Å². The number of hydrogen-bond acceptors (Lipinski definition) is 9. The van der Waals surface area contributed by atoms with Gasteiger partial charge in [-0.3, -0.25) is 19.3 Å². The van der Waals surface area contributed by atoms with E-state index in [0.29, 0.717) is 27.4 Å². The third kappa shape index (κ3) is 4.67. The van der Waals surface area contributed by atoms with Crippen molar-refractivity contribution in [1.82, 2.24) is 9.88 Å². The zero-order valence-electron chi connectivity index (χ0n) is 18.8. The first-order valence-corrected chi connectivity index (χ1v) is 11.4. The Bertz CT molecular complexity index is 1350. The van der Waals surface area contributed by atoms with Crippen LogP contribution in [0, 0.1) is 18.3 Å². The quantitative estimate of drug-likeness (QED) is 0.348. The molecule has 1 aromatic heterocycles. The molecule has 2 amide bonds. The van der Waals surface area contributed by atoms with E-state index in [4.69, 9.17) is 9.47 Å². The molecule has 0 aliphatic carbocycles. The average Bonchev–Trinajstić information content (AvgIpc) is 3.39. The smallest absolute Gasteiger partial charge is 0.342 e. The zero-order valence-corrected chi connectivity index (χ0v) is 19.6. The number of fused-ring (bicyclic) bond motifs is 1. The maximum Gasteiger partial charge on any atom is 0.342 e. The third-order valence-electron chi connectivity index (χ3n) is 5.38. The number of Topliss-reactive ketones (excluding diaryl/α,β-unsaturated/α-hetero) is 1. The van der Waals surface area contributed by atoms with Crippen molar-refractivity contribution in [2.75, 3.05) is 13.7 Å². The molecule has 4 rings (SSSR count). The number of esters is 1. The Labute approximate surface area is 204 Å². The Morgan fingerprint density at radius 1 is 1.14 bits per heavy atom. The van der Waals surface area contributed by atoms with Crippen LogP contribution in [0.25, 0.3) is 0 Å². The van der Waals surface area contributed by atoms with Gasteiger partial charge in [0.2, 0.25) is 0 Å². The lowest BCUT2D eigenvalue weighted by Crippen LogP contribution is -2.29. The van der Waals surface area contributed by atoms with Crippen molar-refractivity contribution in [3.8, 4) is 11.8 Å². The lowest BCUT2D eigenvalue weighted by atomic mass is 10.1. The van der Waals surface area contributed by atoms with Crippen LogP contribution < -0.4 is 4.74 Å². The molecule has 0 spiro atoms. The summed E-state index contributed by atoms with van der Waals surface area (Å²) in [6.45, 7) is 1.07. The number of aryl methyl sites for hydroxylation is 1. The molecule has 176 valence electrons. The monoisotopic (exact) mass is 489 g/mol. The summed E-state index contributed by atoms with van der Waals surface area (Å²) < 4.78 is 10.4. The average molecular weight is 490 g/mol. The molecule has 0 bridgehead atoms. The molecule has 0 fully saturated rings. The Morgan fingerprint density at radius 3 is 2.40 bits per heavy atom. The van der Waals surface area contributed by atoms with Crippen molar-refractivity contribution in [1.29, 1.82) is 5.26 Å². The summed E-state index contributed by atoms with van der Waals surface area (Å²) in [5.41, 5.74) is 1.85. The van der Waals surface area contributed by atoms with E-state index in [1.165, 1.54) is 30.6 Å². The van der Waals surface area contributed by atoms with Gasteiger partial charge in [0.25, 0.3) is 11.8 Å². The first kappa shape index (κ1) is 23.8. The van der Waals surface area contributed by atoms with Crippen molar-refractivity contribution in [2.24, 2.45) is 0 Å². The molecule has 1 atom stereocenters. The number of nitriles is 1. The van der Waals surface area contributed by atoms with Gasteiger partial charge in [-0.2, -0.15) is 5.26 Å². The number of imide groups is 1. The van der Waals surface area contributed by atoms with Crippen LogP contribution in [-0.4, -0.2) is 47.2 Å². The number of rotatable bonds is 8. The van der Waals surface area contributed by atoms with E-state index < -0.39 is 36.1 Å². The molecule has 1 unspecified atom stereocenters. The van der Waals surface area contributed by atoms with E-state index in [9.17, 15) is 24.4 Å². The Morgan fingerprint density at radius 2 is 1.83 bits per heavy atom. The van der Waals surface area contributed by atoms with E-state index in [0.717, 1.165) is 4.90 Å². The van der Waals surface area contributed by atoms with Crippen LogP contribution in [0.5, 0.6) is 5.75 Å². The normalized spacial score (nSPS) is 13.2. The summed E-state index contributed by atoms with van der Waals surface area (Å²) in [5, 5.41) is 11.4. The highest BCUT2D eigenvalue weighted by Crippen LogP contribution is 2.27. The largest absolute Gasteiger partial charge is 0.496 e. The standard InChI is InChI=1S/C25H19N3O6S/c1-14-13-35-22(27-14)19(10-26)20(29)12-34-25(32)18-9-15(7-8-21(18)33-2)11-28-23(30)16-5-3-4-6-17(16)24(28)31/h3-9,13,19H,11-12H2,1-2H3. The summed E-state index contributed by atoms with van der Waals surface area (Å²) >= 11 is 1.19. The van der Waals surface area contributed by atoms with Crippen molar-refractivity contribution < 1.29 is 28.7 Å². The van der Waals surface area contributed by atoms with E-state index in [1.807, 2.05) is 6.07 Å². The first-order chi connectivity index (χ1) is 16.8. The maximum absolute atomic E-state index is 12.8. The fourth-order valence-corrected chi connectivity index (χ4v) is 4.51. The maximum atomic E-state index is 12.8. The molecule has 35 heavy (non-hydrogen) atoms. The van der Waals surface area contributed by atoms with Crippen LogP contribution in [-0.2, 0) is 16.1 Å². The summed E-state index contributed by atoms with van der Waals surface area (Å²) in [6.07, 6.45) is 0. The second-order valence-electron chi connectivity index (χ2n) is 7.71. The van der Waals surface area contributed by atoms with Crippen molar-refractivity contribution in [3.63, 3.8) is 0 Å². The minimum absolute atomic E-state index is 0.0213. The van der Waals surface area contributed by atoms with Gasteiger partial charge in [-0.05, 0) is 36.8 Å². The van der Waals surface area contributed by atoms with Crippen LogP contribution in [0.3, 0.4) is 0 Å². The first-order valence-electron chi connectivity index (χ1n) is 10.5. The van der Waals surface area contributed by atoms with Gasteiger partial charge in [0.15, 0.2) is 18.3 Å². The van der Waals surface area contributed by atoms with Gasteiger partial charge in [0, 0.05) is 11.1 Å². The number of thiazole rings is 1. The number of amides is 2. The van der Waals surface area contributed by atoms with Gasteiger partial charge in [-0.1, -0.05) is 18.2 Å². The Balaban J connectivity index is 1.48. The van der Waals surface area contributed by atoms with Gasteiger partial charge in [-0.15, -0.1) is 11.3 Å². The molecule has 1 aliphatic rings. The molecule has 0 radical (unpaired) electrons. The van der Waals surface area contributed by atoms with Crippen LogP contribution in [0.1, 0.15) is 53.3 Å². The zero-order chi connectivity index (χ0) is 25.1. The fourth-order valence-electron chi connectivity index (χ4n) is 3.65. The van der Waals surface area contributed by atoms with Gasteiger partial charge >= 0.3 is 5.97 Å². The van der Waals surface area contributed by atoms with Crippen molar-refractivity contribution in [2.45, 2.75) is 19.4 Å². The summed E-state index contributed by atoms with van der Waals surface area (Å²) in [4.78, 5) is 55.9. The summed E-state index contributed by atoms with van der Waals surface area (Å²) in [7, 11) is 1.37. The van der Waals surface area contributed by atoms with Crippen LogP contribution in [0.4, 0.5) is 0 Å². The SMILES string of the molecule is COc1ccc(CN2C(=O)c3ccccc3C2=O)cc1C(=O)OCC(=O)C(C#N)c1nc(C)cs1. The summed E-state index contributed by atoms with van der Waals surface area (Å²) in [6, 6.07) is 13.0. The number of carbonyl (C=O) groups excluding carboxylic acids is 4. The van der Waals surface area contributed by atoms with Crippen molar-refractivity contribution >= 4 is 34.9 Å². The highest BCUT2D eigenvalue weighted by molar-refractivity contribution is 7.09. The highest BCUT2D eigenvalue weighted by Gasteiger charge is 2.35. The molecule has 2 aromatic carbocycles. The number of ketones is 1. The molecular formula is C25H19N3O6S. The number of methoxy groups -OCH3 is 1. The lowest BCUT2D eigenvalue weighted by Gasteiger charge is -2.16. The molecular weight excluding hydrogens is 470 g/mol. The predicted octanol–water partition coefficient (Wildman–Crippen LogP) is 3.29. The van der Waals surface area contributed by atoms with Gasteiger partial charge < -0.3 is 9.47 Å². The predicted molar refractivity (Wildman–Crippen MR) is 124 cm³/mol. The third-order valence-corrected chi connectivity index (χ3v) is 6.41. The second kappa shape index (κ2) is 9.87. The molecule has 0 saturated heterocycles.